The molecular formula is C18H15FN2O4. The minimum atomic E-state index is -1.06. The Labute approximate surface area is 141 Å². The fourth-order valence-corrected chi connectivity index (χ4v) is 2.77. The van der Waals surface area contributed by atoms with Gasteiger partial charge >= 0.3 is 17.1 Å². The summed E-state index contributed by atoms with van der Waals surface area (Å²) in [5, 5.41) is 8.85. The highest BCUT2D eigenvalue weighted by molar-refractivity contribution is 5.75. The zero-order valence-electron chi connectivity index (χ0n) is 13.2. The number of para-hydroxylation sites is 2. The van der Waals surface area contributed by atoms with Crippen LogP contribution in [0.15, 0.2) is 58.1 Å². The van der Waals surface area contributed by atoms with Crippen molar-refractivity contribution in [2.24, 2.45) is 0 Å². The smallest absolute Gasteiger partial charge is 0.317 e. The van der Waals surface area contributed by atoms with E-state index in [0.717, 1.165) is 0 Å². The molecule has 128 valence electrons. The molecule has 0 bridgehead atoms. The molecule has 25 heavy (non-hydrogen) atoms. The predicted octanol–water partition coefficient (Wildman–Crippen LogP) is 1.83. The molecule has 1 aromatic heterocycles. The molecule has 1 heterocycles. The summed E-state index contributed by atoms with van der Waals surface area (Å²) in [6.07, 6.45) is -0.267. The summed E-state index contributed by atoms with van der Waals surface area (Å²) < 4.78 is 15.9. The summed E-state index contributed by atoms with van der Waals surface area (Å²) in [5.74, 6) is -1.48. The molecule has 6 nitrogen and oxygen atoms in total. The third-order valence-electron chi connectivity index (χ3n) is 3.92. The summed E-state index contributed by atoms with van der Waals surface area (Å²) in [4.78, 5) is 35.8. The maximum atomic E-state index is 13.4. The molecule has 0 spiro atoms. The van der Waals surface area contributed by atoms with Crippen molar-refractivity contribution < 1.29 is 14.3 Å². The highest BCUT2D eigenvalue weighted by Gasteiger charge is 2.14. The van der Waals surface area contributed by atoms with Gasteiger partial charge in [0, 0.05) is 6.54 Å². The first-order chi connectivity index (χ1) is 12.0. The van der Waals surface area contributed by atoms with Crippen LogP contribution in [0.4, 0.5) is 4.39 Å². The number of carbonyl (C=O) groups is 1. The molecule has 2 aromatic carbocycles. The van der Waals surface area contributed by atoms with Crippen LogP contribution in [0.3, 0.4) is 0 Å². The van der Waals surface area contributed by atoms with Crippen LogP contribution in [0.2, 0.25) is 0 Å². The average Bonchev–Trinajstić information content (AvgIpc) is 2.58. The van der Waals surface area contributed by atoms with Gasteiger partial charge in [0.15, 0.2) is 0 Å². The first-order valence-electron chi connectivity index (χ1n) is 7.66. The number of rotatable bonds is 5. The second kappa shape index (κ2) is 6.72. The van der Waals surface area contributed by atoms with E-state index in [1.807, 2.05) is 0 Å². The number of aryl methyl sites for hydroxylation is 1. The average molecular weight is 342 g/mol. The largest absolute Gasteiger partial charge is 0.481 e. The molecule has 0 saturated carbocycles. The van der Waals surface area contributed by atoms with Gasteiger partial charge in [0.1, 0.15) is 5.82 Å². The molecule has 0 amide bonds. The molecule has 0 saturated heterocycles. The number of carboxylic acid groups (broad SMARTS) is 1. The van der Waals surface area contributed by atoms with Crippen LogP contribution in [0.5, 0.6) is 0 Å². The van der Waals surface area contributed by atoms with Gasteiger partial charge in [0.2, 0.25) is 0 Å². The van der Waals surface area contributed by atoms with Crippen LogP contribution in [0.1, 0.15) is 12.0 Å². The predicted molar refractivity (Wildman–Crippen MR) is 90.2 cm³/mol. The molecule has 1 N–H and O–H groups in total. The van der Waals surface area contributed by atoms with Crippen molar-refractivity contribution in [3.05, 3.63) is 80.6 Å². The SMILES string of the molecule is O=C(O)CCn1c(=O)c(=O)n(Cc2cccc(F)c2)c2ccccc21. The summed E-state index contributed by atoms with van der Waals surface area (Å²) >= 11 is 0. The van der Waals surface area contributed by atoms with E-state index in [9.17, 15) is 18.8 Å². The number of benzene rings is 2. The standard InChI is InChI=1S/C18H15FN2O4/c19-13-5-3-4-12(10-13)11-21-15-7-2-1-6-14(15)20(9-8-16(22)23)17(24)18(21)25/h1-7,10H,8-9,11H2,(H,22,23). The van der Waals surface area contributed by atoms with E-state index in [4.69, 9.17) is 5.11 Å². The highest BCUT2D eigenvalue weighted by Crippen LogP contribution is 2.13. The van der Waals surface area contributed by atoms with Gasteiger partial charge in [-0.25, -0.2) is 4.39 Å². The molecule has 0 fully saturated rings. The number of aliphatic carboxylic acids is 1. The monoisotopic (exact) mass is 342 g/mol. The van der Waals surface area contributed by atoms with Gasteiger partial charge in [-0.05, 0) is 29.8 Å². The van der Waals surface area contributed by atoms with Crippen LogP contribution in [-0.4, -0.2) is 20.2 Å². The maximum absolute atomic E-state index is 13.4. The minimum Gasteiger partial charge on any atom is -0.481 e. The zero-order valence-corrected chi connectivity index (χ0v) is 13.2. The Kier molecular flexibility index (Phi) is 4.47. The van der Waals surface area contributed by atoms with E-state index in [1.54, 1.807) is 30.3 Å². The van der Waals surface area contributed by atoms with Crippen molar-refractivity contribution in [3.63, 3.8) is 0 Å². The number of aromatic nitrogens is 2. The van der Waals surface area contributed by atoms with E-state index in [2.05, 4.69) is 0 Å². The van der Waals surface area contributed by atoms with Gasteiger partial charge in [-0.3, -0.25) is 19.0 Å². The number of hydrogen-bond acceptors (Lipinski definition) is 3. The zero-order chi connectivity index (χ0) is 18.0. The lowest BCUT2D eigenvalue weighted by molar-refractivity contribution is -0.137. The van der Waals surface area contributed by atoms with E-state index in [0.29, 0.717) is 16.6 Å². The van der Waals surface area contributed by atoms with Gasteiger partial charge in [-0.1, -0.05) is 24.3 Å². The van der Waals surface area contributed by atoms with Gasteiger partial charge in [0.25, 0.3) is 0 Å². The molecule has 0 aliphatic rings. The third-order valence-corrected chi connectivity index (χ3v) is 3.92. The Balaban J connectivity index is 2.18. The normalized spacial score (nSPS) is 10.9. The summed E-state index contributed by atoms with van der Waals surface area (Å²) in [5.41, 5.74) is -0.0638. The Morgan fingerprint density at radius 1 is 0.960 bits per heavy atom. The molecule has 3 aromatic rings. The minimum absolute atomic E-state index is 0.0477. The van der Waals surface area contributed by atoms with Crippen molar-refractivity contribution >= 4 is 17.0 Å². The van der Waals surface area contributed by atoms with Crippen molar-refractivity contribution in [2.45, 2.75) is 19.5 Å². The third kappa shape index (κ3) is 3.35. The van der Waals surface area contributed by atoms with E-state index in [1.165, 1.54) is 27.3 Å². The first-order valence-corrected chi connectivity index (χ1v) is 7.66. The maximum Gasteiger partial charge on any atom is 0.317 e. The van der Waals surface area contributed by atoms with E-state index >= 15 is 0 Å². The van der Waals surface area contributed by atoms with Gasteiger partial charge in [-0.15, -0.1) is 0 Å². The van der Waals surface area contributed by atoms with Gasteiger partial charge in [0.05, 0.1) is 24.0 Å². The second-order valence-corrected chi connectivity index (χ2v) is 5.61. The van der Waals surface area contributed by atoms with E-state index < -0.39 is 22.9 Å². The van der Waals surface area contributed by atoms with Crippen molar-refractivity contribution in [3.8, 4) is 0 Å². The van der Waals surface area contributed by atoms with Gasteiger partial charge < -0.3 is 9.67 Å². The van der Waals surface area contributed by atoms with Crippen molar-refractivity contribution in [2.75, 3.05) is 0 Å². The Morgan fingerprint density at radius 2 is 1.60 bits per heavy atom. The Morgan fingerprint density at radius 3 is 2.24 bits per heavy atom. The summed E-state index contributed by atoms with van der Waals surface area (Å²) in [6, 6.07) is 12.6. The number of nitrogens with zero attached hydrogens (tertiary/aromatic N) is 2. The first kappa shape index (κ1) is 16.6. The molecule has 0 aliphatic heterocycles. The summed E-state index contributed by atoms with van der Waals surface area (Å²) in [7, 11) is 0. The molecule has 0 unspecified atom stereocenters. The second-order valence-electron chi connectivity index (χ2n) is 5.61. The van der Waals surface area contributed by atoms with Crippen molar-refractivity contribution in [1.82, 2.24) is 9.13 Å². The van der Waals surface area contributed by atoms with Crippen molar-refractivity contribution in [1.29, 1.82) is 0 Å². The molecule has 0 radical (unpaired) electrons. The summed E-state index contributed by atoms with van der Waals surface area (Å²) in [6.45, 7) is -0.0448. The Hall–Kier alpha value is -3.22. The van der Waals surface area contributed by atoms with Crippen LogP contribution in [0.25, 0.3) is 11.0 Å². The van der Waals surface area contributed by atoms with Crippen LogP contribution in [-0.2, 0) is 17.9 Å². The number of fused-ring (bicyclic) bond motifs is 1. The molecule has 0 atom stereocenters. The molecule has 0 aliphatic carbocycles. The van der Waals surface area contributed by atoms with Gasteiger partial charge in [-0.2, -0.15) is 0 Å². The quantitative estimate of drug-likeness (QED) is 0.717. The number of halogens is 1. The number of hydrogen-bond donors (Lipinski definition) is 1. The lowest BCUT2D eigenvalue weighted by Gasteiger charge is -2.14. The lowest BCUT2D eigenvalue weighted by Crippen LogP contribution is -2.42. The fourth-order valence-electron chi connectivity index (χ4n) is 2.77. The van der Waals surface area contributed by atoms with Crippen LogP contribution in [0, 0.1) is 5.82 Å². The van der Waals surface area contributed by atoms with Crippen LogP contribution >= 0.6 is 0 Å². The molecule has 3 rings (SSSR count). The molecular weight excluding hydrogens is 327 g/mol. The number of carboxylic acids is 1. The topological polar surface area (TPSA) is 81.3 Å². The van der Waals surface area contributed by atoms with E-state index in [-0.39, 0.29) is 19.5 Å². The highest BCUT2D eigenvalue weighted by atomic mass is 19.1. The fraction of sp³-hybridized carbons (Fsp3) is 0.167. The lowest BCUT2D eigenvalue weighted by atomic mass is 10.2. The Bertz CT molecular complexity index is 1070. The van der Waals surface area contributed by atoms with Crippen LogP contribution < -0.4 is 11.1 Å². The molecule has 7 heteroatoms.